The van der Waals surface area contributed by atoms with Crippen LogP contribution in [-0.4, -0.2) is 37.0 Å². The van der Waals surface area contributed by atoms with Gasteiger partial charge in [-0.05, 0) is 50.9 Å². The molecule has 1 saturated heterocycles. The van der Waals surface area contributed by atoms with E-state index >= 15 is 0 Å². The second-order valence-electron chi connectivity index (χ2n) is 5.14. The van der Waals surface area contributed by atoms with Crippen LogP contribution in [0, 0.1) is 17.6 Å². The molecule has 0 spiro atoms. The number of amides is 1. The van der Waals surface area contributed by atoms with Crippen LogP contribution in [0.5, 0.6) is 0 Å². The quantitative estimate of drug-likeness (QED) is 0.920. The zero-order valence-electron chi connectivity index (χ0n) is 11.7. The lowest BCUT2D eigenvalue weighted by Crippen LogP contribution is -2.39. The van der Waals surface area contributed by atoms with Crippen LogP contribution in [0.4, 0.5) is 8.78 Å². The van der Waals surface area contributed by atoms with Crippen molar-refractivity contribution in [2.45, 2.75) is 19.8 Å². The zero-order chi connectivity index (χ0) is 14.5. The van der Waals surface area contributed by atoms with E-state index in [0.29, 0.717) is 19.0 Å². The summed E-state index contributed by atoms with van der Waals surface area (Å²) < 4.78 is 26.9. The molecular weight excluding hydrogens is 262 g/mol. The third kappa shape index (κ3) is 3.33. The third-order valence-corrected chi connectivity index (χ3v) is 3.79. The first-order valence-corrected chi connectivity index (χ1v) is 7.07. The van der Waals surface area contributed by atoms with Crippen LogP contribution in [0.3, 0.4) is 0 Å². The van der Waals surface area contributed by atoms with Crippen LogP contribution < -0.4 is 5.32 Å². The van der Waals surface area contributed by atoms with Crippen molar-refractivity contribution in [3.63, 3.8) is 0 Å². The Kier molecular flexibility index (Phi) is 5.06. The highest BCUT2D eigenvalue weighted by Gasteiger charge is 2.23. The van der Waals surface area contributed by atoms with Gasteiger partial charge in [0.1, 0.15) is 0 Å². The van der Waals surface area contributed by atoms with Crippen molar-refractivity contribution < 1.29 is 13.6 Å². The van der Waals surface area contributed by atoms with E-state index in [4.69, 9.17) is 0 Å². The van der Waals surface area contributed by atoms with Gasteiger partial charge < -0.3 is 10.2 Å². The molecule has 0 radical (unpaired) electrons. The molecule has 1 aliphatic heterocycles. The molecule has 0 atom stereocenters. The lowest BCUT2D eigenvalue weighted by molar-refractivity contribution is 0.0721. The maximum atomic E-state index is 13.7. The van der Waals surface area contributed by atoms with Crippen LogP contribution >= 0.6 is 0 Å². The van der Waals surface area contributed by atoms with Gasteiger partial charge in [-0.15, -0.1) is 0 Å². The van der Waals surface area contributed by atoms with E-state index in [1.165, 1.54) is 12.1 Å². The predicted molar refractivity (Wildman–Crippen MR) is 73.5 cm³/mol. The van der Waals surface area contributed by atoms with E-state index in [0.717, 1.165) is 32.0 Å². The van der Waals surface area contributed by atoms with Gasteiger partial charge in [0.05, 0.1) is 5.56 Å². The van der Waals surface area contributed by atoms with Crippen molar-refractivity contribution >= 4 is 5.91 Å². The van der Waals surface area contributed by atoms with Crippen LogP contribution in [0.2, 0.25) is 0 Å². The average molecular weight is 282 g/mol. The fourth-order valence-corrected chi connectivity index (χ4v) is 2.57. The Balaban J connectivity index is 2.10. The molecule has 1 aromatic carbocycles. The van der Waals surface area contributed by atoms with E-state index in [1.807, 2.05) is 6.92 Å². The van der Waals surface area contributed by atoms with Gasteiger partial charge in [0.15, 0.2) is 11.6 Å². The summed E-state index contributed by atoms with van der Waals surface area (Å²) in [5, 5.41) is 3.27. The molecule has 1 fully saturated rings. The fraction of sp³-hybridized carbons (Fsp3) is 0.533. The summed E-state index contributed by atoms with van der Waals surface area (Å²) in [6.07, 6.45) is 2.02. The zero-order valence-corrected chi connectivity index (χ0v) is 11.7. The van der Waals surface area contributed by atoms with Crippen molar-refractivity contribution in [3.05, 3.63) is 35.4 Å². The van der Waals surface area contributed by atoms with E-state index in [9.17, 15) is 13.6 Å². The van der Waals surface area contributed by atoms with Crippen molar-refractivity contribution in [3.8, 4) is 0 Å². The van der Waals surface area contributed by atoms with Gasteiger partial charge in [-0.2, -0.15) is 0 Å². The summed E-state index contributed by atoms with van der Waals surface area (Å²) in [5.74, 6) is -2.03. The second kappa shape index (κ2) is 6.79. The molecule has 1 aliphatic rings. The van der Waals surface area contributed by atoms with Gasteiger partial charge in [0.25, 0.3) is 5.91 Å². The number of hydrogen-bond acceptors (Lipinski definition) is 2. The van der Waals surface area contributed by atoms with Gasteiger partial charge in [-0.25, -0.2) is 8.78 Å². The van der Waals surface area contributed by atoms with Crippen molar-refractivity contribution in [2.75, 3.05) is 26.2 Å². The third-order valence-electron chi connectivity index (χ3n) is 3.79. The number of nitrogens with one attached hydrogen (secondary N) is 1. The summed E-state index contributed by atoms with van der Waals surface area (Å²) in [5.41, 5.74) is -0.180. The van der Waals surface area contributed by atoms with Crippen LogP contribution in [-0.2, 0) is 0 Å². The molecule has 5 heteroatoms. The molecule has 3 nitrogen and oxygen atoms in total. The number of carbonyl (C=O) groups excluding carboxylic acids is 1. The molecule has 0 aliphatic carbocycles. The number of nitrogens with zero attached hydrogens (tertiary/aromatic N) is 1. The molecule has 2 rings (SSSR count). The minimum atomic E-state index is -1.05. The van der Waals surface area contributed by atoms with Crippen molar-refractivity contribution in [2.24, 2.45) is 5.92 Å². The highest BCUT2D eigenvalue weighted by atomic mass is 19.2. The Morgan fingerprint density at radius 2 is 2.05 bits per heavy atom. The van der Waals surface area contributed by atoms with Gasteiger partial charge in [0, 0.05) is 13.1 Å². The van der Waals surface area contributed by atoms with Crippen LogP contribution in [0.25, 0.3) is 0 Å². The lowest BCUT2D eigenvalue weighted by Gasteiger charge is -2.29. The summed E-state index contributed by atoms with van der Waals surface area (Å²) in [7, 11) is 0. The summed E-state index contributed by atoms with van der Waals surface area (Å²) >= 11 is 0. The Labute approximate surface area is 118 Å². The maximum absolute atomic E-state index is 13.7. The smallest absolute Gasteiger partial charge is 0.256 e. The summed E-state index contributed by atoms with van der Waals surface area (Å²) in [6, 6.07) is 3.73. The fourth-order valence-electron chi connectivity index (χ4n) is 2.57. The van der Waals surface area contributed by atoms with Gasteiger partial charge in [-0.3, -0.25) is 4.79 Å². The van der Waals surface area contributed by atoms with Crippen LogP contribution in [0.1, 0.15) is 30.1 Å². The highest BCUT2D eigenvalue weighted by molar-refractivity contribution is 5.94. The molecule has 20 heavy (non-hydrogen) atoms. The SMILES string of the molecule is CCN(CC1CCNCC1)C(=O)c1cccc(F)c1F. The molecule has 0 saturated carbocycles. The average Bonchev–Trinajstić information content (AvgIpc) is 2.48. The topological polar surface area (TPSA) is 32.3 Å². The minimum absolute atomic E-state index is 0.180. The first-order valence-electron chi connectivity index (χ1n) is 7.07. The highest BCUT2D eigenvalue weighted by Crippen LogP contribution is 2.18. The number of halogens is 2. The van der Waals surface area contributed by atoms with Gasteiger partial charge >= 0.3 is 0 Å². The monoisotopic (exact) mass is 282 g/mol. The van der Waals surface area contributed by atoms with E-state index in [1.54, 1.807) is 4.90 Å². The number of hydrogen-bond donors (Lipinski definition) is 1. The van der Waals surface area contributed by atoms with E-state index in [-0.39, 0.29) is 5.56 Å². The molecule has 1 amide bonds. The van der Waals surface area contributed by atoms with Crippen molar-refractivity contribution in [1.29, 1.82) is 0 Å². The Bertz CT molecular complexity index is 473. The summed E-state index contributed by atoms with van der Waals surface area (Å²) in [4.78, 5) is 13.9. The molecule has 0 unspecified atom stereocenters. The molecule has 0 bridgehead atoms. The second-order valence-corrected chi connectivity index (χ2v) is 5.14. The van der Waals surface area contributed by atoms with Crippen LogP contribution in [0.15, 0.2) is 18.2 Å². The Morgan fingerprint density at radius 3 is 2.70 bits per heavy atom. The number of benzene rings is 1. The van der Waals surface area contributed by atoms with Crippen molar-refractivity contribution in [1.82, 2.24) is 10.2 Å². The normalized spacial score (nSPS) is 16.1. The molecule has 1 aromatic rings. The Morgan fingerprint density at radius 1 is 1.35 bits per heavy atom. The molecule has 1 N–H and O–H groups in total. The number of rotatable bonds is 4. The Hall–Kier alpha value is -1.49. The number of piperidine rings is 1. The molecule has 1 heterocycles. The maximum Gasteiger partial charge on any atom is 0.256 e. The first-order chi connectivity index (χ1) is 9.63. The molecule has 0 aromatic heterocycles. The lowest BCUT2D eigenvalue weighted by atomic mass is 9.97. The largest absolute Gasteiger partial charge is 0.339 e. The first kappa shape index (κ1) is 14.9. The van der Waals surface area contributed by atoms with E-state index in [2.05, 4.69) is 5.32 Å². The molecular formula is C15H20F2N2O. The van der Waals surface area contributed by atoms with Gasteiger partial charge in [-0.1, -0.05) is 6.07 Å². The molecule has 110 valence electrons. The number of carbonyl (C=O) groups is 1. The minimum Gasteiger partial charge on any atom is -0.339 e. The summed E-state index contributed by atoms with van der Waals surface area (Å²) in [6.45, 7) is 4.86. The van der Waals surface area contributed by atoms with Gasteiger partial charge in [0.2, 0.25) is 0 Å². The predicted octanol–water partition coefficient (Wildman–Crippen LogP) is 2.43. The standard InChI is InChI=1S/C15H20F2N2O/c1-2-19(10-11-6-8-18-9-7-11)15(20)12-4-3-5-13(16)14(12)17/h3-5,11,18H,2,6-10H2,1H3. The van der Waals surface area contributed by atoms with E-state index < -0.39 is 17.5 Å².